The maximum absolute atomic E-state index is 4.90. The highest BCUT2D eigenvalue weighted by atomic mass is 15.1. The van der Waals surface area contributed by atoms with Crippen LogP contribution < -0.4 is 5.32 Å². The zero-order chi connectivity index (χ0) is 20.8. The zero-order valence-corrected chi connectivity index (χ0v) is 17.0. The van der Waals surface area contributed by atoms with Gasteiger partial charge in [0.2, 0.25) is 0 Å². The molecule has 0 bridgehead atoms. The van der Waals surface area contributed by atoms with Crippen LogP contribution in [0.15, 0.2) is 55.0 Å². The number of H-pyrrole nitrogens is 1. The van der Waals surface area contributed by atoms with Crippen LogP contribution in [0.5, 0.6) is 0 Å². The van der Waals surface area contributed by atoms with Gasteiger partial charge in [-0.25, -0.2) is 9.97 Å². The van der Waals surface area contributed by atoms with Gasteiger partial charge in [0, 0.05) is 42.3 Å². The van der Waals surface area contributed by atoms with Gasteiger partial charge >= 0.3 is 0 Å². The fourth-order valence-electron chi connectivity index (χ4n) is 3.98. The maximum Gasteiger partial charge on any atom is 0.123 e. The van der Waals surface area contributed by atoms with Gasteiger partial charge < -0.3 is 9.88 Å². The third-order valence-electron chi connectivity index (χ3n) is 5.56. The summed E-state index contributed by atoms with van der Waals surface area (Å²) in [7, 11) is 0. The van der Waals surface area contributed by atoms with Gasteiger partial charge in [-0.15, -0.1) is 0 Å². The number of nitrogens with zero attached hydrogens (tertiary/aromatic N) is 6. The molecular weight excluding hydrogens is 388 g/mol. The summed E-state index contributed by atoms with van der Waals surface area (Å²) in [6.07, 6.45) is 5.76. The lowest BCUT2D eigenvalue weighted by Gasteiger charge is -2.13. The lowest BCUT2D eigenvalue weighted by atomic mass is 10.1. The van der Waals surface area contributed by atoms with Crippen molar-refractivity contribution in [2.24, 2.45) is 0 Å². The van der Waals surface area contributed by atoms with Crippen LogP contribution in [-0.2, 0) is 13.1 Å². The Hall–Kier alpha value is -3.91. The van der Waals surface area contributed by atoms with E-state index in [9.17, 15) is 0 Å². The standard InChI is InChI=1S/C23H20N8/c1-14-3-2-4-19(27-14)23-16(11-26-30-23)17-5-6-18-20(28-17)9-15(10-25-18)21-13-31-8-7-24-12-22(31)29-21/h2-6,9-11,13,24H,7-8,12H2,1H3,(H,26,30). The van der Waals surface area contributed by atoms with Crippen LogP contribution in [0, 0.1) is 6.92 Å². The number of nitrogens with one attached hydrogen (secondary N) is 2. The van der Waals surface area contributed by atoms with E-state index in [1.54, 1.807) is 6.20 Å². The molecule has 0 saturated heterocycles. The second-order valence-electron chi connectivity index (χ2n) is 7.69. The zero-order valence-electron chi connectivity index (χ0n) is 17.0. The van der Waals surface area contributed by atoms with E-state index in [1.165, 1.54) is 0 Å². The van der Waals surface area contributed by atoms with E-state index in [2.05, 4.69) is 42.3 Å². The highest BCUT2D eigenvalue weighted by molar-refractivity contribution is 5.84. The quantitative estimate of drug-likeness (QED) is 0.475. The first-order chi connectivity index (χ1) is 15.2. The van der Waals surface area contributed by atoms with E-state index < -0.39 is 0 Å². The summed E-state index contributed by atoms with van der Waals surface area (Å²) >= 11 is 0. The number of pyridine rings is 3. The van der Waals surface area contributed by atoms with E-state index in [0.29, 0.717) is 0 Å². The number of imidazole rings is 1. The second kappa shape index (κ2) is 7.10. The average Bonchev–Trinajstić information content (AvgIpc) is 3.46. The van der Waals surface area contributed by atoms with Crippen LogP contribution in [0.4, 0.5) is 0 Å². The van der Waals surface area contributed by atoms with Crippen LogP contribution in [-0.4, -0.2) is 41.2 Å². The van der Waals surface area contributed by atoms with Crippen molar-refractivity contribution in [3.8, 4) is 33.9 Å². The van der Waals surface area contributed by atoms with E-state index in [0.717, 1.165) is 76.1 Å². The Morgan fingerprint density at radius 2 is 1.90 bits per heavy atom. The third kappa shape index (κ3) is 3.17. The van der Waals surface area contributed by atoms with Crippen LogP contribution in [0.25, 0.3) is 44.9 Å². The fourth-order valence-corrected chi connectivity index (χ4v) is 3.98. The molecule has 8 heteroatoms. The Balaban J connectivity index is 1.42. The lowest BCUT2D eigenvalue weighted by Crippen LogP contribution is -2.27. The molecule has 5 aromatic heterocycles. The first-order valence-electron chi connectivity index (χ1n) is 10.3. The first-order valence-corrected chi connectivity index (χ1v) is 10.3. The van der Waals surface area contributed by atoms with Gasteiger partial charge in [0.05, 0.1) is 46.6 Å². The number of hydrogen-bond donors (Lipinski definition) is 2. The molecule has 0 atom stereocenters. The lowest BCUT2D eigenvalue weighted by molar-refractivity contribution is 0.505. The van der Waals surface area contributed by atoms with Gasteiger partial charge in [0.1, 0.15) is 5.82 Å². The van der Waals surface area contributed by atoms with Crippen LogP contribution in [0.1, 0.15) is 11.5 Å². The smallest absolute Gasteiger partial charge is 0.123 e. The molecule has 2 N–H and O–H groups in total. The predicted octanol–water partition coefficient (Wildman–Crippen LogP) is 3.36. The van der Waals surface area contributed by atoms with E-state index in [-0.39, 0.29) is 0 Å². The minimum Gasteiger partial charge on any atom is -0.332 e. The highest BCUT2D eigenvalue weighted by Gasteiger charge is 2.15. The van der Waals surface area contributed by atoms with Gasteiger partial charge in [-0.05, 0) is 37.3 Å². The molecule has 152 valence electrons. The summed E-state index contributed by atoms with van der Waals surface area (Å²) in [6.45, 7) is 4.67. The number of fused-ring (bicyclic) bond motifs is 2. The van der Waals surface area contributed by atoms with Crippen molar-refractivity contribution in [3.05, 3.63) is 66.5 Å². The van der Waals surface area contributed by atoms with Gasteiger partial charge in [0.15, 0.2) is 0 Å². The molecule has 0 saturated carbocycles. The number of aromatic nitrogens is 7. The summed E-state index contributed by atoms with van der Waals surface area (Å²) in [6, 6.07) is 12.0. The van der Waals surface area contributed by atoms with Gasteiger partial charge in [-0.3, -0.25) is 15.1 Å². The molecule has 0 radical (unpaired) electrons. The normalized spacial score (nSPS) is 13.5. The molecule has 0 aliphatic carbocycles. The summed E-state index contributed by atoms with van der Waals surface area (Å²) in [5, 5.41) is 10.7. The number of aromatic amines is 1. The predicted molar refractivity (Wildman–Crippen MR) is 118 cm³/mol. The Morgan fingerprint density at radius 3 is 2.81 bits per heavy atom. The molecule has 0 spiro atoms. The Bertz CT molecular complexity index is 1390. The molecule has 31 heavy (non-hydrogen) atoms. The molecule has 5 aromatic rings. The molecule has 0 fully saturated rings. The monoisotopic (exact) mass is 408 g/mol. The van der Waals surface area contributed by atoms with E-state index in [1.807, 2.05) is 43.5 Å². The Labute approximate surface area is 178 Å². The molecule has 0 amide bonds. The molecule has 1 aliphatic heterocycles. The minimum atomic E-state index is 0.791. The summed E-state index contributed by atoms with van der Waals surface area (Å²) in [4.78, 5) is 18.9. The Morgan fingerprint density at radius 1 is 0.935 bits per heavy atom. The fraction of sp³-hybridized carbons (Fsp3) is 0.174. The maximum atomic E-state index is 4.90. The van der Waals surface area contributed by atoms with Crippen LogP contribution in [0.2, 0.25) is 0 Å². The van der Waals surface area contributed by atoms with E-state index >= 15 is 0 Å². The molecule has 0 aromatic carbocycles. The SMILES string of the molecule is Cc1cccc(-c2[nH]ncc2-c2ccc3ncc(-c4cn5c(n4)CNCC5)cc3n2)n1. The van der Waals surface area contributed by atoms with Crippen molar-refractivity contribution in [1.82, 2.24) is 40.0 Å². The van der Waals surface area contributed by atoms with Crippen LogP contribution in [0.3, 0.4) is 0 Å². The molecular formula is C23H20N8. The number of aryl methyl sites for hydroxylation is 1. The average molecular weight is 408 g/mol. The van der Waals surface area contributed by atoms with E-state index in [4.69, 9.17) is 9.97 Å². The Kier molecular flexibility index (Phi) is 4.10. The van der Waals surface area contributed by atoms with Crippen molar-refractivity contribution in [1.29, 1.82) is 0 Å². The van der Waals surface area contributed by atoms with Crippen molar-refractivity contribution in [2.75, 3.05) is 6.54 Å². The summed E-state index contributed by atoms with van der Waals surface area (Å²) < 4.78 is 2.20. The highest BCUT2D eigenvalue weighted by Crippen LogP contribution is 2.30. The summed E-state index contributed by atoms with van der Waals surface area (Å²) in [5.74, 6) is 1.05. The van der Waals surface area contributed by atoms with Crippen molar-refractivity contribution < 1.29 is 0 Å². The van der Waals surface area contributed by atoms with Gasteiger partial charge in [-0.1, -0.05) is 6.07 Å². The van der Waals surface area contributed by atoms with Crippen molar-refractivity contribution in [2.45, 2.75) is 20.0 Å². The topological polar surface area (TPSA) is 97.2 Å². The second-order valence-corrected chi connectivity index (χ2v) is 7.69. The minimum absolute atomic E-state index is 0.791. The third-order valence-corrected chi connectivity index (χ3v) is 5.56. The molecule has 6 heterocycles. The largest absolute Gasteiger partial charge is 0.332 e. The number of rotatable bonds is 3. The first kappa shape index (κ1) is 17.9. The van der Waals surface area contributed by atoms with Gasteiger partial charge in [0.25, 0.3) is 0 Å². The van der Waals surface area contributed by atoms with Crippen molar-refractivity contribution >= 4 is 11.0 Å². The summed E-state index contributed by atoms with van der Waals surface area (Å²) in [5.41, 5.74) is 7.95. The number of hydrogen-bond acceptors (Lipinski definition) is 6. The molecule has 8 nitrogen and oxygen atoms in total. The molecule has 1 aliphatic rings. The molecule has 0 unspecified atom stereocenters. The molecule has 6 rings (SSSR count). The van der Waals surface area contributed by atoms with Crippen LogP contribution >= 0.6 is 0 Å². The van der Waals surface area contributed by atoms with Crippen molar-refractivity contribution in [3.63, 3.8) is 0 Å². The van der Waals surface area contributed by atoms with Gasteiger partial charge in [-0.2, -0.15) is 5.10 Å².